The van der Waals surface area contributed by atoms with Gasteiger partial charge in [-0.2, -0.15) is 13.2 Å². The number of carboxylic acids is 1. The van der Waals surface area contributed by atoms with E-state index in [0.717, 1.165) is 63.9 Å². The lowest BCUT2D eigenvalue weighted by Crippen LogP contribution is -2.46. The van der Waals surface area contributed by atoms with Crippen LogP contribution in [0, 0.1) is 11.8 Å². The average Bonchev–Trinajstić information content (AvgIpc) is 2.99. The first-order chi connectivity index (χ1) is 20.6. The first-order valence-corrected chi connectivity index (χ1v) is 14.9. The third kappa shape index (κ3) is 7.35. The van der Waals surface area contributed by atoms with Gasteiger partial charge in [0.1, 0.15) is 11.3 Å². The fourth-order valence-electron chi connectivity index (χ4n) is 6.20. The summed E-state index contributed by atoms with van der Waals surface area (Å²) in [6.45, 7) is 2.17. The summed E-state index contributed by atoms with van der Waals surface area (Å²) in [5.41, 5.74) is -0.121. The fourth-order valence-corrected chi connectivity index (χ4v) is 6.20. The maximum Gasteiger partial charge on any atom is 0.421 e. The Balaban J connectivity index is 1.46. The summed E-state index contributed by atoms with van der Waals surface area (Å²) in [4.78, 5) is 36.2. The van der Waals surface area contributed by atoms with Gasteiger partial charge in [0, 0.05) is 36.5 Å². The molecule has 2 aromatic heterocycles. The molecule has 2 heterocycles. The molecule has 7 nitrogen and oxygen atoms in total. The number of hydrogen-bond acceptors (Lipinski definition) is 5. The molecule has 228 valence electrons. The lowest BCUT2D eigenvalue weighted by Gasteiger charge is -2.38. The van der Waals surface area contributed by atoms with Crippen molar-refractivity contribution in [3.05, 3.63) is 77.2 Å². The molecule has 0 spiro atoms. The van der Waals surface area contributed by atoms with Gasteiger partial charge < -0.3 is 14.7 Å². The number of carbonyl (C=O) groups excluding carboxylic acids is 1. The van der Waals surface area contributed by atoms with Crippen molar-refractivity contribution >= 4 is 17.6 Å². The van der Waals surface area contributed by atoms with E-state index in [2.05, 4.69) is 16.9 Å². The second-order valence-electron chi connectivity index (χ2n) is 11.7. The Morgan fingerprint density at radius 3 is 2.37 bits per heavy atom. The van der Waals surface area contributed by atoms with Crippen molar-refractivity contribution in [2.75, 3.05) is 4.90 Å². The Kier molecular flexibility index (Phi) is 9.32. The number of aromatic carboxylic acids is 1. The van der Waals surface area contributed by atoms with Gasteiger partial charge in [-0.3, -0.25) is 9.78 Å². The summed E-state index contributed by atoms with van der Waals surface area (Å²) >= 11 is 0. The Labute approximate surface area is 249 Å². The highest BCUT2D eigenvalue weighted by molar-refractivity contribution is 6.03. The molecule has 0 saturated heterocycles. The molecular formula is C33H36F3N3O4. The minimum atomic E-state index is -4.76. The van der Waals surface area contributed by atoms with Crippen LogP contribution in [-0.4, -0.2) is 33.0 Å². The second-order valence-corrected chi connectivity index (χ2v) is 11.7. The van der Waals surface area contributed by atoms with Crippen molar-refractivity contribution in [2.45, 2.75) is 83.4 Å². The molecule has 0 atom stereocenters. The van der Waals surface area contributed by atoms with E-state index >= 15 is 0 Å². The number of halogens is 3. The number of amides is 1. The van der Waals surface area contributed by atoms with E-state index in [9.17, 15) is 27.9 Å². The molecule has 0 unspecified atom stereocenters. The second kappa shape index (κ2) is 13.1. The quantitative estimate of drug-likeness (QED) is 0.283. The highest BCUT2D eigenvalue weighted by Gasteiger charge is 2.37. The van der Waals surface area contributed by atoms with Gasteiger partial charge in [0.15, 0.2) is 0 Å². The Morgan fingerprint density at radius 2 is 1.72 bits per heavy atom. The minimum absolute atomic E-state index is 0.0699. The van der Waals surface area contributed by atoms with E-state index in [1.54, 1.807) is 29.3 Å². The van der Waals surface area contributed by atoms with Crippen LogP contribution in [0.4, 0.5) is 18.9 Å². The third-order valence-electron chi connectivity index (χ3n) is 8.54. The number of benzene rings is 1. The maximum absolute atomic E-state index is 14.1. The van der Waals surface area contributed by atoms with Gasteiger partial charge >= 0.3 is 12.1 Å². The predicted molar refractivity (Wildman–Crippen MR) is 155 cm³/mol. The fraction of sp³-hybridized carbons (Fsp3) is 0.455. The first kappa shape index (κ1) is 30.5. The molecule has 5 rings (SSSR count). The molecule has 0 radical (unpaired) electrons. The summed E-state index contributed by atoms with van der Waals surface area (Å²) in [7, 11) is 0. The lowest BCUT2D eigenvalue weighted by atomic mass is 9.81. The summed E-state index contributed by atoms with van der Waals surface area (Å²) in [5.74, 6) is -1.78. The van der Waals surface area contributed by atoms with Crippen molar-refractivity contribution in [2.24, 2.45) is 11.8 Å². The molecular weight excluding hydrogens is 559 g/mol. The van der Waals surface area contributed by atoms with Crippen LogP contribution in [0.1, 0.15) is 91.9 Å². The van der Waals surface area contributed by atoms with Crippen molar-refractivity contribution in [1.82, 2.24) is 9.97 Å². The number of alkyl halides is 3. The van der Waals surface area contributed by atoms with E-state index in [4.69, 9.17) is 4.74 Å². The molecule has 3 aromatic rings. The number of rotatable bonds is 8. The number of aromatic nitrogens is 2. The van der Waals surface area contributed by atoms with Gasteiger partial charge in [-0.25, -0.2) is 9.78 Å². The van der Waals surface area contributed by atoms with Gasteiger partial charge in [0.25, 0.3) is 0 Å². The van der Waals surface area contributed by atoms with Crippen LogP contribution in [-0.2, 0) is 17.4 Å². The molecule has 2 fully saturated rings. The van der Waals surface area contributed by atoms with Gasteiger partial charge in [-0.05, 0) is 86.4 Å². The third-order valence-corrected chi connectivity index (χ3v) is 8.54. The zero-order valence-electron chi connectivity index (χ0n) is 24.1. The molecule has 10 heteroatoms. The monoisotopic (exact) mass is 595 g/mol. The molecule has 43 heavy (non-hydrogen) atoms. The van der Waals surface area contributed by atoms with Crippen LogP contribution in [0.5, 0.6) is 11.6 Å². The van der Waals surface area contributed by atoms with Crippen molar-refractivity contribution in [1.29, 1.82) is 0 Å². The Bertz CT molecular complexity index is 1430. The van der Waals surface area contributed by atoms with Crippen molar-refractivity contribution in [3.8, 4) is 11.6 Å². The van der Waals surface area contributed by atoms with Crippen LogP contribution in [0.2, 0.25) is 0 Å². The van der Waals surface area contributed by atoms with E-state index in [1.165, 1.54) is 24.4 Å². The van der Waals surface area contributed by atoms with Gasteiger partial charge in [-0.15, -0.1) is 0 Å². The van der Waals surface area contributed by atoms with E-state index in [-0.39, 0.29) is 41.3 Å². The molecule has 1 N–H and O–H groups in total. The Hall–Kier alpha value is -3.95. The number of nitrogens with zero attached hydrogens (tertiary/aromatic N) is 3. The summed E-state index contributed by atoms with van der Waals surface area (Å²) in [6, 6.07) is 10.1. The highest BCUT2D eigenvalue weighted by atomic mass is 19.4. The highest BCUT2D eigenvalue weighted by Crippen LogP contribution is 2.40. The molecule has 0 bridgehead atoms. The van der Waals surface area contributed by atoms with E-state index in [0.29, 0.717) is 17.2 Å². The molecule has 2 aliphatic carbocycles. The number of anilines is 1. The first-order valence-electron chi connectivity index (χ1n) is 14.9. The van der Waals surface area contributed by atoms with Crippen molar-refractivity contribution in [3.63, 3.8) is 0 Å². The van der Waals surface area contributed by atoms with E-state index < -0.39 is 23.6 Å². The lowest BCUT2D eigenvalue weighted by molar-refractivity contribution is -0.139. The van der Waals surface area contributed by atoms with Gasteiger partial charge in [0.2, 0.25) is 11.8 Å². The smallest absolute Gasteiger partial charge is 0.421 e. The predicted octanol–water partition coefficient (Wildman–Crippen LogP) is 8.07. The summed E-state index contributed by atoms with van der Waals surface area (Å²) in [6.07, 6.45) is 6.16. The number of hydrogen-bond donors (Lipinski definition) is 1. The van der Waals surface area contributed by atoms with Gasteiger partial charge in [-0.1, -0.05) is 32.3 Å². The maximum atomic E-state index is 14.1. The number of ether oxygens (including phenoxy) is 1. The standard InChI is InChI=1S/C33H36F3N3O4/c1-21-10-12-23(13-11-21)31(40)39(25-8-3-2-4-9-25)29-15-14-26(19-27(29)32(41)42)43-30-28(33(34,35)36)18-22(20-38-30)17-24-7-5-6-16-37-24/h5-7,14-16,18-21,23,25H,2-4,8-13,17H2,1H3,(H,41,42). The average molecular weight is 596 g/mol. The normalized spacial score (nSPS) is 19.5. The molecule has 2 saturated carbocycles. The Morgan fingerprint density at radius 1 is 0.977 bits per heavy atom. The number of carbonyl (C=O) groups is 2. The zero-order valence-corrected chi connectivity index (χ0v) is 24.1. The van der Waals surface area contributed by atoms with Crippen LogP contribution >= 0.6 is 0 Å². The summed E-state index contributed by atoms with van der Waals surface area (Å²) < 4.78 is 47.8. The molecule has 1 aromatic carbocycles. The van der Waals surface area contributed by atoms with Crippen LogP contribution in [0.3, 0.4) is 0 Å². The van der Waals surface area contributed by atoms with E-state index in [1.807, 2.05) is 0 Å². The number of pyridine rings is 2. The minimum Gasteiger partial charge on any atom is -0.478 e. The molecule has 1 amide bonds. The van der Waals surface area contributed by atoms with Crippen molar-refractivity contribution < 1.29 is 32.6 Å². The number of carboxylic acid groups (broad SMARTS) is 1. The zero-order chi connectivity index (χ0) is 30.6. The van der Waals surface area contributed by atoms with Crippen LogP contribution in [0.25, 0.3) is 0 Å². The topological polar surface area (TPSA) is 92.6 Å². The van der Waals surface area contributed by atoms with Gasteiger partial charge in [0.05, 0.1) is 11.3 Å². The molecule has 2 aliphatic rings. The molecule has 0 aliphatic heterocycles. The largest absolute Gasteiger partial charge is 0.478 e. The van der Waals surface area contributed by atoms with Crippen LogP contribution in [0.15, 0.2) is 54.9 Å². The van der Waals surface area contributed by atoms with Crippen LogP contribution < -0.4 is 9.64 Å². The summed E-state index contributed by atoms with van der Waals surface area (Å²) in [5, 5.41) is 10.2. The SMILES string of the molecule is CC1CCC(C(=O)N(c2ccc(Oc3ncc(Cc4ccccn4)cc3C(F)(F)F)cc2C(=O)O)C2CCCCC2)CC1.